The third kappa shape index (κ3) is 4.76. The van der Waals surface area contributed by atoms with Crippen LogP contribution in [0.5, 0.6) is 11.5 Å². The molecule has 0 unspecified atom stereocenters. The van der Waals surface area contributed by atoms with Gasteiger partial charge >= 0.3 is 6.18 Å². The molecule has 3 rings (SSSR count). The van der Waals surface area contributed by atoms with Gasteiger partial charge in [-0.3, -0.25) is 15.0 Å². The van der Waals surface area contributed by atoms with Gasteiger partial charge in [0.25, 0.3) is 5.69 Å². The van der Waals surface area contributed by atoms with E-state index in [2.05, 4.69) is 0 Å². The molecule has 0 amide bonds. The minimum atomic E-state index is -4.37. The zero-order chi connectivity index (χ0) is 21.9. The number of hydrogen-bond acceptors (Lipinski definition) is 6. The van der Waals surface area contributed by atoms with E-state index in [1.807, 2.05) is 9.80 Å². The Labute approximate surface area is 171 Å². The van der Waals surface area contributed by atoms with Crippen LogP contribution in [0.4, 0.5) is 24.5 Å². The molecule has 1 heterocycles. The van der Waals surface area contributed by atoms with Gasteiger partial charge in [0.15, 0.2) is 11.5 Å². The van der Waals surface area contributed by atoms with Crippen molar-refractivity contribution in [1.29, 1.82) is 0 Å². The van der Waals surface area contributed by atoms with Gasteiger partial charge in [-0.25, -0.2) is 0 Å². The number of piperazine rings is 1. The van der Waals surface area contributed by atoms with Gasteiger partial charge in [-0.1, -0.05) is 18.2 Å². The van der Waals surface area contributed by atoms with Gasteiger partial charge in [-0.2, -0.15) is 13.2 Å². The van der Waals surface area contributed by atoms with Crippen molar-refractivity contribution < 1.29 is 27.6 Å². The summed E-state index contributed by atoms with van der Waals surface area (Å²) in [6, 6.07) is 8.20. The van der Waals surface area contributed by atoms with Crippen LogP contribution in [0.15, 0.2) is 36.4 Å². The molecule has 2 aromatic carbocycles. The lowest BCUT2D eigenvalue weighted by molar-refractivity contribution is -0.384. The van der Waals surface area contributed by atoms with Crippen LogP contribution in [0, 0.1) is 10.1 Å². The van der Waals surface area contributed by atoms with Crippen molar-refractivity contribution in [3.8, 4) is 11.5 Å². The second kappa shape index (κ2) is 8.78. The number of nitro benzene ring substituents is 1. The van der Waals surface area contributed by atoms with Crippen LogP contribution in [0.3, 0.4) is 0 Å². The Bertz CT molecular complexity index is 913. The lowest BCUT2D eigenvalue weighted by Crippen LogP contribution is -2.46. The van der Waals surface area contributed by atoms with E-state index in [1.54, 1.807) is 12.1 Å². The van der Waals surface area contributed by atoms with E-state index >= 15 is 0 Å². The van der Waals surface area contributed by atoms with Crippen LogP contribution < -0.4 is 14.4 Å². The van der Waals surface area contributed by atoms with Crippen molar-refractivity contribution in [2.24, 2.45) is 0 Å². The molecule has 0 atom stereocenters. The molecule has 2 aromatic rings. The molecule has 1 aliphatic rings. The molecule has 0 radical (unpaired) electrons. The van der Waals surface area contributed by atoms with Gasteiger partial charge in [0, 0.05) is 38.8 Å². The summed E-state index contributed by atoms with van der Waals surface area (Å²) in [6.07, 6.45) is -4.37. The lowest BCUT2D eigenvalue weighted by Gasteiger charge is -2.36. The molecular formula is C20H22F3N3O4. The predicted molar refractivity (Wildman–Crippen MR) is 105 cm³/mol. The molecule has 1 fully saturated rings. The third-order valence-electron chi connectivity index (χ3n) is 5.05. The minimum absolute atomic E-state index is 0.0843. The van der Waals surface area contributed by atoms with Gasteiger partial charge in [-0.15, -0.1) is 0 Å². The van der Waals surface area contributed by atoms with Crippen molar-refractivity contribution in [2.75, 3.05) is 45.3 Å². The first-order valence-electron chi connectivity index (χ1n) is 9.26. The number of rotatable bonds is 6. The number of methoxy groups -OCH3 is 2. The number of nitro groups is 1. The van der Waals surface area contributed by atoms with Gasteiger partial charge < -0.3 is 14.4 Å². The summed E-state index contributed by atoms with van der Waals surface area (Å²) >= 11 is 0. The highest BCUT2D eigenvalue weighted by molar-refractivity contribution is 5.70. The van der Waals surface area contributed by atoms with Crippen LogP contribution in [0.1, 0.15) is 11.1 Å². The minimum Gasteiger partial charge on any atom is -0.493 e. The Morgan fingerprint density at radius 1 is 1.03 bits per heavy atom. The Balaban J connectivity index is 1.72. The van der Waals surface area contributed by atoms with E-state index in [4.69, 9.17) is 9.47 Å². The first kappa shape index (κ1) is 21.7. The van der Waals surface area contributed by atoms with Crippen LogP contribution in [-0.4, -0.2) is 50.2 Å². The maximum absolute atomic E-state index is 12.9. The number of alkyl halides is 3. The summed E-state index contributed by atoms with van der Waals surface area (Å²) in [5, 5.41) is 11.5. The monoisotopic (exact) mass is 425 g/mol. The normalized spacial score (nSPS) is 15.2. The zero-order valence-electron chi connectivity index (χ0n) is 16.6. The highest BCUT2D eigenvalue weighted by atomic mass is 19.4. The van der Waals surface area contributed by atoms with E-state index in [0.29, 0.717) is 49.7 Å². The average Bonchev–Trinajstić information content (AvgIpc) is 2.73. The molecule has 10 heteroatoms. The van der Waals surface area contributed by atoms with Crippen molar-refractivity contribution in [3.05, 3.63) is 57.6 Å². The second-order valence-electron chi connectivity index (χ2n) is 6.91. The largest absolute Gasteiger partial charge is 0.493 e. The fourth-order valence-electron chi connectivity index (χ4n) is 3.51. The molecule has 0 aromatic heterocycles. The van der Waals surface area contributed by atoms with Crippen molar-refractivity contribution in [2.45, 2.75) is 12.7 Å². The fraction of sp³-hybridized carbons (Fsp3) is 0.400. The standard InChI is InChI=1S/C20H22F3N3O4/c1-29-18-11-16(17(26(27)28)12-19(18)30-2)25-8-6-24(7-9-25)13-14-4-3-5-15(10-14)20(21,22)23/h3-5,10-12H,6-9,13H2,1-2H3. The third-order valence-corrected chi connectivity index (χ3v) is 5.05. The van der Waals surface area contributed by atoms with Crippen LogP contribution in [-0.2, 0) is 12.7 Å². The molecule has 162 valence electrons. The van der Waals surface area contributed by atoms with Crippen LogP contribution in [0.2, 0.25) is 0 Å². The molecular weight excluding hydrogens is 403 g/mol. The summed E-state index contributed by atoms with van der Waals surface area (Å²) in [5.74, 6) is 0.667. The van der Waals surface area contributed by atoms with E-state index in [1.165, 1.54) is 26.4 Å². The SMILES string of the molecule is COc1cc(N2CCN(Cc3cccc(C(F)(F)F)c3)CC2)c([N+](=O)[O-])cc1OC. The number of anilines is 1. The maximum Gasteiger partial charge on any atom is 0.416 e. The number of ether oxygens (including phenoxy) is 2. The van der Waals surface area contributed by atoms with Gasteiger partial charge in [0.1, 0.15) is 5.69 Å². The Morgan fingerprint density at radius 2 is 1.67 bits per heavy atom. The first-order valence-corrected chi connectivity index (χ1v) is 9.26. The highest BCUT2D eigenvalue weighted by Crippen LogP contribution is 2.40. The molecule has 1 aliphatic heterocycles. The van der Waals surface area contributed by atoms with Crippen LogP contribution >= 0.6 is 0 Å². The zero-order valence-corrected chi connectivity index (χ0v) is 16.6. The average molecular weight is 425 g/mol. The summed E-state index contributed by atoms with van der Waals surface area (Å²) in [7, 11) is 2.87. The summed E-state index contributed by atoms with van der Waals surface area (Å²) in [5.41, 5.74) is 0.255. The van der Waals surface area contributed by atoms with E-state index < -0.39 is 16.7 Å². The van der Waals surface area contributed by atoms with E-state index in [-0.39, 0.29) is 11.4 Å². The van der Waals surface area contributed by atoms with Crippen molar-refractivity contribution in [1.82, 2.24) is 4.90 Å². The molecule has 7 nitrogen and oxygen atoms in total. The topological polar surface area (TPSA) is 68.1 Å². The summed E-state index contributed by atoms with van der Waals surface area (Å²) < 4.78 is 49.1. The van der Waals surface area contributed by atoms with Crippen LogP contribution in [0.25, 0.3) is 0 Å². The predicted octanol–water partition coefficient (Wildman–Crippen LogP) is 3.95. The smallest absolute Gasteiger partial charge is 0.416 e. The van der Waals surface area contributed by atoms with Gasteiger partial charge in [-0.05, 0) is 11.6 Å². The van der Waals surface area contributed by atoms with Crippen molar-refractivity contribution in [3.63, 3.8) is 0 Å². The number of nitrogens with zero attached hydrogens (tertiary/aromatic N) is 3. The number of benzene rings is 2. The summed E-state index contributed by atoms with van der Waals surface area (Å²) in [4.78, 5) is 15.0. The Kier molecular flexibility index (Phi) is 6.35. The molecule has 1 saturated heterocycles. The van der Waals surface area contributed by atoms with Gasteiger partial charge in [0.2, 0.25) is 0 Å². The van der Waals surface area contributed by atoms with Crippen molar-refractivity contribution >= 4 is 11.4 Å². The molecule has 0 saturated carbocycles. The highest BCUT2D eigenvalue weighted by Gasteiger charge is 2.31. The maximum atomic E-state index is 12.9. The van der Waals surface area contributed by atoms with Gasteiger partial charge in [0.05, 0.1) is 30.8 Å². The molecule has 0 spiro atoms. The summed E-state index contributed by atoms with van der Waals surface area (Å²) in [6.45, 7) is 2.49. The Morgan fingerprint density at radius 3 is 2.23 bits per heavy atom. The molecule has 0 aliphatic carbocycles. The lowest BCUT2D eigenvalue weighted by atomic mass is 10.1. The quantitative estimate of drug-likeness (QED) is 0.516. The Hall–Kier alpha value is -3.01. The van der Waals surface area contributed by atoms with E-state index in [0.717, 1.165) is 12.1 Å². The fourth-order valence-corrected chi connectivity index (χ4v) is 3.51. The first-order chi connectivity index (χ1) is 14.2. The molecule has 0 N–H and O–H groups in total. The molecule has 0 bridgehead atoms. The number of halogens is 3. The number of hydrogen-bond donors (Lipinski definition) is 0. The second-order valence-corrected chi connectivity index (χ2v) is 6.91. The van der Waals surface area contributed by atoms with E-state index in [9.17, 15) is 23.3 Å². The molecule has 30 heavy (non-hydrogen) atoms.